The van der Waals surface area contributed by atoms with E-state index >= 15 is 0 Å². The smallest absolute Gasteiger partial charge is 0.347 e. The first-order valence-electron chi connectivity index (χ1n) is 5.22. The standard InChI is InChI=1S/C11H16O6/c1-3-10(14)17-8(11(15)16-4-2)6-5-7-9(12)13/h3,8H,1,4-7H2,2H3,(H,12,13). The molecular formula is C11H16O6. The van der Waals surface area contributed by atoms with Gasteiger partial charge in [0, 0.05) is 12.5 Å². The topological polar surface area (TPSA) is 89.9 Å². The molecule has 0 radical (unpaired) electrons. The molecule has 0 amide bonds. The zero-order valence-corrected chi connectivity index (χ0v) is 9.68. The summed E-state index contributed by atoms with van der Waals surface area (Å²) in [5.74, 6) is -2.38. The van der Waals surface area contributed by atoms with E-state index in [1.54, 1.807) is 6.92 Å². The van der Waals surface area contributed by atoms with E-state index in [9.17, 15) is 14.4 Å². The Kier molecular flexibility index (Phi) is 7.41. The maximum absolute atomic E-state index is 11.4. The molecule has 1 atom stereocenters. The molecule has 0 fully saturated rings. The summed E-state index contributed by atoms with van der Waals surface area (Å²) >= 11 is 0. The van der Waals surface area contributed by atoms with E-state index in [-0.39, 0.29) is 25.9 Å². The van der Waals surface area contributed by atoms with Gasteiger partial charge in [0.15, 0.2) is 6.10 Å². The number of rotatable bonds is 8. The molecule has 0 bridgehead atoms. The number of carboxylic acids is 1. The molecular weight excluding hydrogens is 228 g/mol. The van der Waals surface area contributed by atoms with Crippen LogP contribution in [0.4, 0.5) is 0 Å². The van der Waals surface area contributed by atoms with Crippen LogP contribution in [0.2, 0.25) is 0 Å². The Balaban J connectivity index is 4.28. The summed E-state index contributed by atoms with van der Waals surface area (Å²) in [5.41, 5.74) is 0. The Morgan fingerprint density at radius 2 is 2.06 bits per heavy atom. The minimum absolute atomic E-state index is 0.0957. The molecule has 1 N–H and O–H groups in total. The number of carbonyl (C=O) groups excluding carboxylic acids is 2. The number of carboxylic acid groups (broad SMARTS) is 1. The van der Waals surface area contributed by atoms with Gasteiger partial charge in [-0.15, -0.1) is 0 Å². The van der Waals surface area contributed by atoms with Crippen LogP contribution < -0.4 is 0 Å². The van der Waals surface area contributed by atoms with E-state index in [1.807, 2.05) is 0 Å². The van der Waals surface area contributed by atoms with Crippen molar-refractivity contribution in [3.8, 4) is 0 Å². The first-order chi connectivity index (χ1) is 8.01. The van der Waals surface area contributed by atoms with Crippen LogP contribution in [-0.2, 0) is 23.9 Å². The molecule has 0 saturated carbocycles. The van der Waals surface area contributed by atoms with Crippen LogP contribution in [0.1, 0.15) is 26.2 Å². The van der Waals surface area contributed by atoms with Crippen molar-refractivity contribution in [3.63, 3.8) is 0 Å². The van der Waals surface area contributed by atoms with Gasteiger partial charge in [0.05, 0.1) is 6.61 Å². The summed E-state index contributed by atoms with van der Waals surface area (Å²) in [6.45, 7) is 5.00. The summed E-state index contributed by atoms with van der Waals surface area (Å²) in [4.78, 5) is 32.7. The van der Waals surface area contributed by atoms with Crippen LogP contribution in [0.25, 0.3) is 0 Å². The van der Waals surface area contributed by atoms with E-state index in [0.29, 0.717) is 0 Å². The minimum atomic E-state index is -1.07. The van der Waals surface area contributed by atoms with Gasteiger partial charge in [-0.1, -0.05) is 6.58 Å². The molecule has 0 aromatic rings. The molecule has 0 aromatic heterocycles. The van der Waals surface area contributed by atoms with Gasteiger partial charge in [-0.25, -0.2) is 9.59 Å². The average molecular weight is 244 g/mol. The van der Waals surface area contributed by atoms with Crippen LogP contribution in [0.3, 0.4) is 0 Å². The SMILES string of the molecule is C=CC(=O)OC(CCCC(=O)O)C(=O)OCC. The van der Waals surface area contributed by atoms with E-state index in [1.165, 1.54) is 0 Å². The van der Waals surface area contributed by atoms with Crippen molar-refractivity contribution in [2.45, 2.75) is 32.3 Å². The second kappa shape index (κ2) is 8.32. The minimum Gasteiger partial charge on any atom is -0.481 e. The number of hydrogen-bond acceptors (Lipinski definition) is 5. The second-order valence-electron chi connectivity index (χ2n) is 3.17. The predicted molar refractivity (Wildman–Crippen MR) is 58.2 cm³/mol. The number of carbonyl (C=O) groups is 3. The highest BCUT2D eigenvalue weighted by Crippen LogP contribution is 2.08. The Hall–Kier alpha value is -1.85. The molecule has 0 aliphatic heterocycles. The summed E-state index contributed by atoms with van der Waals surface area (Å²) in [6, 6.07) is 0. The third kappa shape index (κ3) is 7.10. The number of aliphatic carboxylic acids is 1. The Labute approximate surface area is 99.2 Å². The fraction of sp³-hybridized carbons (Fsp3) is 0.545. The summed E-state index contributed by atoms with van der Waals surface area (Å²) in [5, 5.41) is 8.46. The van der Waals surface area contributed by atoms with E-state index in [2.05, 4.69) is 6.58 Å². The fourth-order valence-electron chi connectivity index (χ4n) is 1.09. The summed E-state index contributed by atoms with van der Waals surface area (Å²) < 4.78 is 9.48. The molecule has 0 rings (SSSR count). The largest absolute Gasteiger partial charge is 0.481 e. The van der Waals surface area contributed by atoms with Crippen LogP contribution in [0.5, 0.6) is 0 Å². The normalized spacial score (nSPS) is 11.4. The highest BCUT2D eigenvalue weighted by Gasteiger charge is 2.23. The van der Waals surface area contributed by atoms with Crippen molar-refractivity contribution >= 4 is 17.9 Å². The molecule has 0 heterocycles. The molecule has 6 heteroatoms. The van der Waals surface area contributed by atoms with Gasteiger partial charge in [0.2, 0.25) is 0 Å². The highest BCUT2D eigenvalue weighted by molar-refractivity contribution is 5.85. The van der Waals surface area contributed by atoms with Gasteiger partial charge in [0.1, 0.15) is 0 Å². The van der Waals surface area contributed by atoms with Gasteiger partial charge < -0.3 is 14.6 Å². The lowest BCUT2D eigenvalue weighted by atomic mass is 10.1. The molecule has 0 aromatic carbocycles. The maximum Gasteiger partial charge on any atom is 0.347 e. The lowest BCUT2D eigenvalue weighted by molar-refractivity contribution is -0.165. The van der Waals surface area contributed by atoms with Crippen molar-refractivity contribution in [1.82, 2.24) is 0 Å². The zero-order valence-electron chi connectivity index (χ0n) is 9.68. The highest BCUT2D eigenvalue weighted by atomic mass is 16.6. The quantitative estimate of drug-likeness (QED) is 0.504. The predicted octanol–water partition coefficient (Wildman–Crippen LogP) is 0.902. The van der Waals surface area contributed by atoms with Crippen molar-refractivity contribution < 1.29 is 29.0 Å². The van der Waals surface area contributed by atoms with E-state index < -0.39 is 24.0 Å². The number of hydrogen-bond donors (Lipinski definition) is 1. The first-order valence-corrected chi connectivity index (χ1v) is 5.22. The van der Waals surface area contributed by atoms with Crippen LogP contribution in [0, 0.1) is 0 Å². The van der Waals surface area contributed by atoms with Crippen molar-refractivity contribution in [3.05, 3.63) is 12.7 Å². The van der Waals surface area contributed by atoms with Gasteiger partial charge in [0.25, 0.3) is 0 Å². The number of ether oxygens (including phenoxy) is 2. The van der Waals surface area contributed by atoms with Crippen LogP contribution in [0.15, 0.2) is 12.7 Å². The first kappa shape index (κ1) is 15.2. The van der Waals surface area contributed by atoms with Gasteiger partial charge >= 0.3 is 17.9 Å². The lowest BCUT2D eigenvalue weighted by Gasteiger charge is -2.14. The molecule has 0 aliphatic rings. The lowest BCUT2D eigenvalue weighted by Crippen LogP contribution is -2.28. The summed E-state index contributed by atoms with van der Waals surface area (Å²) in [6.07, 6.45) is 0.110. The Bertz CT molecular complexity index is 296. The average Bonchev–Trinajstić information content (AvgIpc) is 2.27. The molecule has 1 unspecified atom stereocenters. The fourth-order valence-corrected chi connectivity index (χ4v) is 1.09. The zero-order chi connectivity index (χ0) is 13.3. The van der Waals surface area contributed by atoms with E-state index in [4.69, 9.17) is 14.6 Å². The molecule has 17 heavy (non-hydrogen) atoms. The summed E-state index contributed by atoms with van der Waals surface area (Å²) in [7, 11) is 0. The molecule has 0 spiro atoms. The van der Waals surface area contributed by atoms with Gasteiger partial charge in [-0.05, 0) is 19.8 Å². The Morgan fingerprint density at radius 3 is 2.53 bits per heavy atom. The second-order valence-corrected chi connectivity index (χ2v) is 3.17. The number of esters is 2. The Morgan fingerprint density at radius 1 is 1.41 bits per heavy atom. The van der Waals surface area contributed by atoms with Crippen LogP contribution >= 0.6 is 0 Å². The monoisotopic (exact) mass is 244 g/mol. The maximum atomic E-state index is 11.4. The third-order valence-corrected chi connectivity index (χ3v) is 1.83. The van der Waals surface area contributed by atoms with E-state index in [0.717, 1.165) is 6.08 Å². The molecule has 0 saturated heterocycles. The van der Waals surface area contributed by atoms with Gasteiger partial charge in [-0.2, -0.15) is 0 Å². The van der Waals surface area contributed by atoms with Crippen molar-refractivity contribution in [2.75, 3.05) is 6.61 Å². The van der Waals surface area contributed by atoms with Crippen LogP contribution in [-0.4, -0.2) is 35.7 Å². The third-order valence-electron chi connectivity index (χ3n) is 1.83. The van der Waals surface area contributed by atoms with Crippen molar-refractivity contribution in [1.29, 1.82) is 0 Å². The molecule has 6 nitrogen and oxygen atoms in total. The molecule has 0 aliphatic carbocycles. The van der Waals surface area contributed by atoms with Gasteiger partial charge in [-0.3, -0.25) is 4.79 Å². The van der Waals surface area contributed by atoms with Crippen molar-refractivity contribution in [2.24, 2.45) is 0 Å². The molecule has 96 valence electrons.